The maximum absolute atomic E-state index is 12.9. The van der Waals surface area contributed by atoms with E-state index in [1.807, 2.05) is 23.1 Å². The zero-order chi connectivity index (χ0) is 18.4. The van der Waals surface area contributed by atoms with E-state index >= 15 is 0 Å². The molecule has 1 saturated heterocycles. The van der Waals surface area contributed by atoms with Gasteiger partial charge in [-0.15, -0.1) is 12.4 Å². The van der Waals surface area contributed by atoms with Gasteiger partial charge in [0.15, 0.2) is 0 Å². The molecule has 1 fully saturated rings. The van der Waals surface area contributed by atoms with E-state index in [4.69, 9.17) is 0 Å². The van der Waals surface area contributed by atoms with Gasteiger partial charge in [0.2, 0.25) is 0 Å². The lowest BCUT2D eigenvalue weighted by Gasteiger charge is -2.28. The van der Waals surface area contributed by atoms with E-state index in [-0.39, 0.29) is 30.3 Å². The maximum Gasteiger partial charge on any atom is 0.255 e. The van der Waals surface area contributed by atoms with E-state index in [1.165, 1.54) is 0 Å². The third-order valence-electron chi connectivity index (χ3n) is 4.63. The zero-order valence-electron chi connectivity index (χ0n) is 15.5. The summed E-state index contributed by atoms with van der Waals surface area (Å²) in [6.07, 6.45) is 1.93. The summed E-state index contributed by atoms with van der Waals surface area (Å²) in [5.41, 5.74) is 1.94. The second kappa shape index (κ2) is 10.1. The zero-order valence-corrected chi connectivity index (χ0v) is 16.3. The van der Waals surface area contributed by atoms with Crippen LogP contribution in [0.25, 0.3) is 0 Å². The number of benzene rings is 2. The summed E-state index contributed by atoms with van der Waals surface area (Å²) in [6.45, 7) is 4.67. The van der Waals surface area contributed by atoms with Crippen LogP contribution in [0.5, 0.6) is 0 Å². The third kappa shape index (κ3) is 5.31. The fourth-order valence-electron chi connectivity index (χ4n) is 3.25. The molecule has 2 N–H and O–H groups in total. The first-order valence-corrected chi connectivity index (χ1v) is 9.17. The van der Waals surface area contributed by atoms with Crippen LogP contribution in [0.2, 0.25) is 0 Å². The molecule has 144 valence electrons. The van der Waals surface area contributed by atoms with Gasteiger partial charge in [0.25, 0.3) is 11.8 Å². The number of carbonyl (C=O) groups excluding carboxylic acids is 2. The average molecular weight is 388 g/mol. The predicted molar refractivity (Wildman–Crippen MR) is 111 cm³/mol. The second-order valence-electron chi connectivity index (χ2n) is 6.54. The van der Waals surface area contributed by atoms with Crippen molar-refractivity contribution in [2.24, 2.45) is 0 Å². The molecule has 6 heteroatoms. The number of hydrogen-bond acceptors (Lipinski definition) is 3. The smallest absolute Gasteiger partial charge is 0.255 e. The number of halogens is 1. The van der Waals surface area contributed by atoms with E-state index in [1.54, 1.807) is 36.4 Å². The van der Waals surface area contributed by atoms with Gasteiger partial charge in [-0.2, -0.15) is 0 Å². The molecule has 1 aliphatic heterocycles. The molecule has 0 spiro atoms. The Balaban J connectivity index is 0.00000261. The number of anilines is 1. The van der Waals surface area contributed by atoms with Crippen LogP contribution >= 0.6 is 12.4 Å². The second-order valence-corrected chi connectivity index (χ2v) is 6.54. The van der Waals surface area contributed by atoms with Crippen molar-refractivity contribution in [3.05, 3.63) is 65.7 Å². The SMILES string of the molecule is CCCN(C(=O)c1ccc(NC(=O)c2ccccc2)cc1)C1CCNC1.Cl. The van der Waals surface area contributed by atoms with Crippen LogP contribution < -0.4 is 10.6 Å². The molecule has 1 heterocycles. The van der Waals surface area contributed by atoms with Gasteiger partial charge < -0.3 is 15.5 Å². The lowest BCUT2D eigenvalue weighted by molar-refractivity contribution is 0.0692. The molecule has 2 amide bonds. The number of hydrogen-bond donors (Lipinski definition) is 2. The highest BCUT2D eigenvalue weighted by atomic mass is 35.5. The van der Waals surface area contributed by atoms with Crippen LogP contribution in [0.15, 0.2) is 54.6 Å². The van der Waals surface area contributed by atoms with Gasteiger partial charge in [-0.25, -0.2) is 0 Å². The van der Waals surface area contributed by atoms with Crippen molar-refractivity contribution in [3.63, 3.8) is 0 Å². The quantitative estimate of drug-likeness (QED) is 0.796. The first-order valence-electron chi connectivity index (χ1n) is 9.17. The molecule has 1 unspecified atom stereocenters. The van der Waals surface area contributed by atoms with Crippen molar-refractivity contribution in [2.75, 3.05) is 25.0 Å². The highest BCUT2D eigenvalue weighted by molar-refractivity contribution is 6.04. The van der Waals surface area contributed by atoms with Crippen LogP contribution in [0.3, 0.4) is 0 Å². The number of nitrogens with one attached hydrogen (secondary N) is 2. The maximum atomic E-state index is 12.9. The standard InChI is InChI=1S/C21H25N3O2.ClH/c1-2-14-24(19-12-13-22-15-19)21(26)17-8-10-18(11-9-17)23-20(25)16-6-4-3-5-7-16;/h3-11,19,22H,2,12-15H2,1H3,(H,23,25);1H. The minimum atomic E-state index is -0.158. The Morgan fingerprint density at radius 1 is 1.07 bits per heavy atom. The van der Waals surface area contributed by atoms with Crippen molar-refractivity contribution in [1.29, 1.82) is 0 Å². The molecule has 27 heavy (non-hydrogen) atoms. The molecule has 0 saturated carbocycles. The van der Waals surface area contributed by atoms with Gasteiger partial charge in [-0.05, 0) is 55.8 Å². The van der Waals surface area contributed by atoms with Gasteiger partial charge in [0.1, 0.15) is 0 Å². The number of amides is 2. The fraction of sp³-hybridized carbons (Fsp3) is 0.333. The van der Waals surface area contributed by atoms with Crippen LogP contribution in [0.1, 0.15) is 40.5 Å². The number of rotatable bonds is 6. The average Bonchev–Trinajstić information content (AvgIpc) is 3.21. The minimum Gasteiger partial charge on any atom is -0.334 e. The Hall–Kier alpha value is -2.37. The topological polar surface area (TPSA) is 61.4 Å². The largest absolute Gasteiger partial charge is 0.334 e. The Labute approximate surface area is 166 Å². The molecule has 5 nitrogen and oxygen atoms in total. The molecule has 3 rings (SSSR count). The van der Waals surface area contributed by atoms with Gasteiger partial charge >= 0.3 is 0 Å². The molecule has 0 bridgehead atoms. The molecule has 2 aromatic carbocycles. The lowest BCUT2D eigenvalue weighted by Crippen LogP contribution is -2.42. The van der Waals surface area contributed by atoms with Crippen molar-refractivity contribution in [3.8, 4) is 0 Å². The van der Waals surface area contributed by atoms with Crippen LogP contribution in [-0.4, -0.2) is 42.4 Å². The van der Waals surface area contributed by atoms with Crippen molar-refractivity contribution < 1.29 is 9.59 Å². The van der Waals surface area contributed by atoms with Crippen LogP contribution in [0.4, 0.5) is 5.69 Å². The predicted octanol–water partition coefficient (Wildman–Crippen LogP) is 3.57. The normalized spacial score (nSPS) is 15.7. The number of carbonyl (C=O) groups is 2. The fourth-order valence-corrected chi connectivity index (χ4v) is 3.25. The van der Waals surface area contributed by atoms with Crippen molar-refractivity contribution in [2.45, 2.75) is 25.8 Å². The highest BCUT2D eigenvalue weighted by Gasteiger charge is 2.26. The van der Waals surface area contributed by atoms with E-state index in [0.717, 1.165) is 32.5 Å². The molecular formula is C21H26ClN3O2. The lowest BCUT2D eigenvalue weighted by atomic mass is 10.1. The third-order valence-corrected chi connectivity index (χ3v) is 4.63. The summed E-state index contributed by atoms with van der Waals surface area (Å²) in [6, 6.07) is 16.5. The molecule has 0 aliphatic carbocycles. The van der Waals surface area contributed by atoms with Crippen molar-refractivity contribution in [1.82, 2.24) is 10.2 Å². The van der Waals surface area contributed by atoms with E-state index in [9.17, 15) is 9.59 Å². The summed E-state index contributed by atoms with van der Waals surface area (Å²) >= 11 is 0. The molecule has 1 aliphatic rings. The Kier molecular flexibility index (Phi) is 7.82. The van der Waals surface area contributed by atoms with Crippen LogP contribution in [-0.2, 0) is 0 Å². The first-order chi connectivity index (χ1) is 12.7. The summed E-state index contributed by atoms with van der Waals surface area (Å²) < 4.78 is 0. The Morgan fingerprint density at radius 3 is 2.37 bits per heavy atom. The summed E-state index contributed by atoms with van der Waals surface area (Å²) in [5, 5.41) is 6.18. The highest BCUT2D eigenvalue weighted by Crippen LogP contribution is 2.17. The van der Waals surface area contributed by atoms with E-state index < -0.39 is 0 Å². The monoisotopic (exact) mass is 387 g/mol. The molecule has 2 aromatic rings. The molecule has 0 radical (unpaired) electrons. The molecular weight excluding hydrogens is 362 g/mol. The Bertz CT molecular complexity index is 744. The van der Waals surface area contributed by atoms with Gasteiger partial charge in [-0.3, -0.25) is 9.59 Å². The van der Waals surface area contributed by atoms with E-state index in [2.05, 4.69) is 17.6 Å². The van der Waals surface area contributed by atoms with Gasteiger partial charge in [-0.1, -0.05) is 25.1 Å². The Morgan fingerprint density at radius 2 is 1.78 bits per heavy atom. The van der Waals surface area contributed by atoms with E-state index in [0.29, 0.717) is 16.8 Å². The number of nitrogens with zero attached hydrogens (tertiary/aromatic N) is 1. The summed E-state index contributed by atoms with van der Waals surface area (Å²) in [5.74, 6) is -0.101. The molecule has 1 atom stereocenters. The van der Waals surface area contributed by atoms with Gasteiger partial charge in [0, 0.05) is 35.9 Å². The summed E-state index contributed by atoms with van der Waals surface area (Å²) in [7, 11) is 0. The molecule has 0 aromatic heterocycles. The summed E-state index contributed by atoms with van der Waals surface area (Å²) in [4.78, 5) is 27.1. The van der Waals surface area contributed by atoms with Crippen molar-refractivity contribution >= 4 is 29.9 Å². The minimum absolute atomic E-state index is 0. The van der Waals surface area contributed by atoms with Gasteiger partial charge in [0.05, 0.1) is 0 Å². The van der Waals surface area contributed by atoms with Crippen LogP contribution in [0, 0.1) is 0 Å². The first kappa shape index (κ1) is 20.9.